The van der Waals surface area contributed by atoms with Gasteiger partial charge in [-0.2, -0.15) is 25.3 Å². The minimum Gasteiger partial charge on any atom is -0.175 e. The number of benzene rings is 3. The standard InChI is InChI=1S/C16H14S2/c17-9-13-6-3-5-12-8-11-4-1-2-7-14(11)15(10-18)16(12)13/h1-8,17-18H,9-10H2. The molecular formula is C16H14S2. The Morgan fingerprint density at radius 2 is 1.56 bits per heavy atom. The van der Waals surface area contributed by atoms with Crippen LogP contribution in [0.25, 0.3) is 21.5 Å². The molecule has 0 aromatic heterocycles. The highest BCUT2D eigenvalue weighted by atomic mass is 32.1. The number of fused-ring (bicyclic) bond motifs is 2. The topological polar surface area (TPSA) is 0 Å². The first kappa shape index (κ1) is 11.9. The SMILES string of the molecule is SCc1cccc2cc3ccccc3c(CS)c12. The molecular weight excluding hydrogens is 256 g/mol. The molecule has 0 bridgehead atoms. The molecule has 0 aliphatic carbocycles. The molecule has 0 aliphatic rings. The molecule has 0 nitrogen and oxygen atoms in total. The number of hydrogen-bond donors (Lipinski definition) is 2. The quantitative estimate of drug-likeness (QED) is 0.482. The molecule has 0 atom stereocenters. The van der Waals surface area contributed by atoms with Crippen molar-refractivity contribution in [2.24, 2.45) is 0 Å². The molecule has 0 spiro atoms. The third kappa shape index (κ3) is 1.80. The zero-order valence-electron chi connectivity index (χ0n) is 9.93. The summed E-state index contributed by atoms with van der Waals surface area (Å²) >= 11 is 8.96. The maximum Gasteiger partial charge on any atom is 0.0166 e. The maximum atomic E-state index is 4.52. The summed E-state index contributed by atoms with van der Waals surface area (Å²) in [6, 6.07) is 17.2. The van der Waals surface area contributed by atoms with E-state index in [1.54, 1.807) is 0 Å². The Morgan fingerprint density at radius 3 is 2.33 bits per heavy atom. The summed E-state index contributed by atoms with van der Waals surface area (Å²) < 4.78 is 0. The zero-order valence-corrected chi connectivity index (χ0v) is 11.7. The fourth-order valence-electron chi connectivity index (χ4n) is 2.60. The molecule has 3 aromatic rings. The van der Waals surface area contributed by atoms with Crippen molar-refractivity contribution in [2.45, 2.75) is 11.5 Å². The lowest BCUT2D eigenvalue weighted by Gasteiger charge is -2.12. The molecule has 0 amide bonds. The van der Waals surface area contributed by atoms with Gasteiger partial charge in [-0.3, -0.25) is 0 Å². The highest BCUT2D eigenvalue weighted by molar-refractivity contribution is 7.79. The van der Waals surface area contributed by atoms with Crippen LogP contribution in [0.15, 0.2) is 48.5 Å². The van der Waals surface area contributed by atoms with E-state index in [1.165, 1.54) is 32.7 Å². The van der Waals surface area contributed by atoms with E-state index >= 15 is 0 Å². The Bertz CT molecular complexity index is 717. The lowest BCUT2D eigenvalue weighted by molar-refractivity contribution is 1.44. The van der Waals surface area contributed by atoms with Crippen LogP contribution in [0.5, 0.6) is 0 Å². The van der Waals surface area contributed by atoms with Crippen LogP contribution < -0.4 is 0 Å². The largest absolute Gasteiger partial charge is 0.175 e. The predicted octanol–water partition coefficient (Wildman–Crippen LogP) is 4.85. The molecule has 0 unspecified atom stereocenters. The van der Waals surface area contributed by atoms with Crippen LogP contribution in [0.3, 0.4) is 0 Å². The van der Waals surface area contributed by atoms with Crippen molar-refractivity contribution in [1.82, 2.24) is 0 Å². The van der Waals surface area contributed by atoms with Crippen LogP contribution in [0.2, 0.25) is 0 Å². The second kappa shape index (κ2) is 4.87. The fourth-order valence-corrected chi connectivity index (χ4v) is 3.20. The summed E-state index contributed by atoms with van der Waals surface area (Å²) in [5.74, 6) is 1.51. The molecule has 3 aromatic carbocycles. The zero-order chi connectivity index (χ0) is 12.5. The molecule has 0 saturated heterocycles. The van der Waals surface area contributed by atoms with E-state index in [4.69, 9.17) is 0 Å². The average Bonchev–Trinajstić information content (AvgIpc) is 2.44. The monoisotopic (exact) mass is 270 g/mol. The van der Waals surface area contributed by atoms with Crippen LogP contribution in [-0.4, -0.2) is 0 Å². The molecule has 0 saturated carbocycles. The van der Waals surface area contributed by atoms with E-state index in [-0.39, 0.29) is 0 Å². The van der Waals surface area contributed by atoms with Crippen molar-refractivity contribution >= 4 is 46.8 Å². The predicted molar refractivity (Wildman–Crippen MR) is 86.8 cm³/mol. The Morgan fingerprint density at radius 1 is 0.778 bits per heavy atom. The second-order valence-electron chi connectivity index (χ2n) is 4.41. The van der Waals surface area contributed by atoms with Gasteiger partial charge in [-0.1, -0.05) is 42.5 Å². The van der Waals surface area contributed by atoms with Gasteiger partial charge in [0.2, 0.25) is 0 Å². The van der Waals surface area contributed by atoms with E-state index in [2.05, 4.69) is 73.8 Å². The normalized spacial score (nSPS) is 11.2. The first-order chi connectivity index (χ1) is 8.85. The molecule has 0 radical (unpaired) electrons. The van der Waals surface area contributed by atoms with E-state index in [1.807, 2.05) is 0 Å². The molecule has 0 N–H and O–H groups in total. The highest BCUT2D eigenvalue weighted by Crippen LogP contribution is 2.32. The van der Waals surface area contributed by atoms with Crippen molar-refractivity contribution < 1.29 is 0 Å². The Labute approximate surface area is 118 Å². The Balaban J connectivity index is 2.55. The molecule has 2 heteroatoms. The fraction of sp³-hybridized carbons (Fsp3) is 0.125. The van der Waals surface area contributed by atoms with Crippen LogP contribution in [0.1, 0.15) is 11.1 Å². The van der Waals surface area contributed by atoms with Gasteiger partial charge in [-0.25, -0.2) is 0 Å². The van der Waals surface area contributed by atoms with Gasteiger partial charge in [-0.05, 0) is 38.7 Å². The van der Waals surface area contributed by atoms with Gasteiger partial charge in [0.15, 0.2) is 0 Å². The number of rotatable bonds is 2. The summed E-state index contributed by atoms with van der Waals surface area (Å²) in [5, 5.41) is 5.19. The number of hydrogen-bond acceptors (Lipinski definition) is 2. The van der Waals surface area contributed by atoms with Gasteiger partial charge in [-0.15, -0.1) is 0 Å². The maximum absolute atomic E-state index is 4.52. The summed E-state index contributed by atoms with van der Waals surface area (Å²) in [6.45, 7) is 0. The molecule has 18 heavy (non-hydrogen) atoms. The summed E-state index contributed by atoms with van der Waals surface area (Å²) in [4.78, 5) is 0. The van der Waals surface area contributed by atoms with E-state index in [9.17, 15) is 0 Å². The van der Waals surface area contributed by atoms with Crippen LogP contribution >= 0.6 is 25.3 Å². The van der Waals surface area contributed by atoms with Gasteiger partial charge >= 0.3 is 0 Å². The van der Waals surface area contributed by atoms with E-state index in [0.29, 0.717) is 0 Å². The third-order valence-corrected chi connectivity index (χ3v) is 4.07. The molecule has 0 heterocycles. The Kier molecular flexibility index (Phi) is 3.23. The summed E-state index contributed by atoms with van der Waals surface area (Å²) in [6.07, 6.45) is 0. The third-order valence-electron chi connectivity index (χ3n) is 3.41. The number of thiol groups is 2. The van der Waals surface area contributed by atoms with Crippen LogP contribution in [0, 0.1) is 0 Å². The minimum atomic E-state index is 0.753. The van der Waals surface area contributed by atoms with Gasteiger partial charge in [0.1, 0.15) is 0 Å². The van der Waals surface area contributed by atoms with Gasteiger partial charge in [0.25, 0.3) is 0 Å². The first-order valence-corrected chi connectivity index (χ1v) is 7.25. The van der Waals surface area contributed by atoms with Crippen molar-refractivity contribution in [1.29, 1.82) is 0 Å². The summed E-state index contributed by atoms with van der Waals surface area (Å²) in [5.41, 5.74) is 2.60. The first-order valence-electron chi connectivity index (χ1n) is 5.99. The highest BCUT2D eigenvalue weighted by Gasteiger charge is 2.09. The lowest BCUT2D eigenvalue weighted by atomic mass is 9.95. The Hall–Kier alpha value is -1.12. The van der Waals surface area contributed by atoms with Crippen molar-refractivity contribution in [3.05, 3.63) is 59.7 Å². The van der Waals surface area contributed by atoms with Crippen LogP contribution in [-0.2, 0) is 11.5 Å². The van der Waals surface area contributed by atoms with E-state index < -0.39 is 0 Å². The second-order valence-corrected chi connectivity index (χ2v) is 5.04. The van der Waals surface area contributed by atoms with Crippen molar-refractivity contribution in [3.63, 3.8) is 0 Å². The van der Waals surface area contributed by atoms with E-state index in [0.717, 1.165) is 11.5 Å². The minimum absolute atomic E-state index is 0.753. The molecule has 0 fully saturated rings. The van der Waals surface area contributed by atoms with Gasteiger partial charge in [0.05, 0.1) is 0 Å². The molecule has 3 rings (SSSR count). The summed E-state index contributed by atoms with van der Waals surface area (Å²) in [7, 11) is 0. The molecule has 90 valence electrons. The molecule has 0 aliphatic heterocycles. The van der Waals surface area contributed by atoms with Gasteiger partial charge < -0.3 is 0 Å². The lowest BCUT2D eigenvalue weighted by Crippen LogP contribution is -1.90. The van der Waals surface area contributed by atoms with Crippen molar-refractivity contribution in [3.8, 4) is 0 Å². The van der Waals surface area contributed by atoms with Crippen LogP contribution in [0.4, 0.5) is 0 Å². The smallest absolute Gasteiger partial charge is 0.0166 e. The van der Waals surface area contributed by atoms with Gasteiger partial charge in [0, 0.05) is 11.5 Å². The average molecular weight is 270 g/mol. The van der Waals surface area contributed by atoms with Crippen molar-refractivity contribution in [2.75, 3.05) is 0 Å².